The predicted molar refractivity (Wildman–Crippen MR) is 43.9 cm³/mol. The van der Waals surface area contributed by atoms with E-state index in [1.165, 1.54) is 0 Å². The van der Waals surface area contributed by atoms with E-state index >= 15 is 0 Å². The van der Waals surface area contributed by atoms with Crippen LogP contribution in [-0.4, -0.2) is 11.7 Å². The molecular formula is C8H5F2N3. The molecule has 1 aliphatic rings. The van der Waals surface area contributed by atoms with Gasteiger partial charge in [0.25, 0.3) is 0 Å². The first-order valence-corrected chi connectivity index (χ1v) is 3.52. The number of benzene rings is 1. The molecule has 0 atom stereocenters. The molecule has 0 spiro atoms. The van der Waals surface area contributed by atoms with Crippen LogP contribution in [0.1, 0.15) is 11.1 Å². The molecule has 0 bridgehead atoms. The molecule has 1 aliphatic heterocycles. The normalized spacial score (nSPS) is 14.3. The molecule has 13 heavy (non-hydrogen) atoms. The number of halogens is 2. The van der Waals surface area contributed by atoms with Crippen molar-refractivity contribution in [2.24, 2.45) is 10.7 Å². The predicted octanol–water partition coefficient (Wildman–Crippen LogP) is 1.01. The molecule has 3 N–H and O–H groups in total. The molecule has 0 amide bonds. The first kappa shape index (κ1) is 7.85. The zero-order chi connectivity index (χ0) is 9.59. The van der Waals surface area contributed by atoms with Gasteiger partial charge < -0.3 is 5.73 Å². The Morgan fingerprint density at radius 3 is 2.23 bits per heavy atom. The van der Waals surface area contributed by atoms with E-state index in [-0.39, 0.29) is 22.8 Å². The Morgan fingerprint density at radius 2 is 1.69 bits per heavy atom. The van der Waals surface area contributed by atoms with Crippen molar-refractivity contribution in [3.63, 3.8) is 0 Å². The van der Waals surface area contributed by atoms with E-state index in [0.29, 0.717) is 0 Å². The highest BCUT2D eigenvalue weighted by molar-refractivity contribution is 6.21. The van der Waals surface area contributed by atoms with Crippen molar-refractivity contribution in [3.8, 4) is 0 Å². The second kappa shape index (κ2) is 2.35. The van der Waals surface area contributed by atoms with Crippen LogP contribution in [0, 0.1) is 17.0 Å². The Hall–Kier alpha value is -1.78. The first-order chi connectivity index (χ1) is 6.11. The van der Waals surface area contributed by atoms with Gasteiger partial charge in [-0.2, -0.15) is 0 Å². The number of nitrogens with zero attached hydrogens (tertiary/aromatic N) is 1. The second-order valence-corrected chi connectivity index (χ2v) is 2.62. The van der Waals surface area contributed by atoms with Crippen LogP contribution in [0.25, 0.3) is 0 Å². The Bertz CT molecular complexity index is 437. The van der Waals surface area contributed by atoms with E-state index in [9.17, 15) is 8.78 Å². The van der Waals surface area contributed by atoms with Gasteiger partial charge in [-0.05, 0) is 12.1 Å². The van der Waals surface area contributed by atoms with Crippen molar-refractivity contribution < 1.29 is 8.78 Å². The fraction of sp³-hybridized carbons (Fsp3) is 0. The zero-order valence-electron chi connectivity index (χ0n) is 6.44. The van der Waals surface area contributed by atoms with E-state index in [1.54, 1.807) is 0 Å². The SMILES string of the molecule is N=C1N=C(N)c2c(F)ccc(F)c21. The zero-order valence-corrected chi connectivity index (χ0v) is 6.44. The highest BCUT2D eigenvalue weighted by atomic mass is 19.1. The molecule has 0 fully saturated rings. The van der Waals surface area contributed by atoms with Crippen LogP contribution in [-0.2, 0) is 0 Å². The van der Waals surface area contributed by atoms with E-state index in [1.807, 2.05) is 0 Å². The summed E-state index contributed by atoms with van der Waals surface area (Å²) >= 11 is 0. The van der Waals surface area contributed by atoms with Crippen molar-refractivity contribution in [1.29, 1.82) is 5.41 Å². The van der Waals surface area contributed by atoms with Gasteiger partial charge in [-0.3, -0.25) is 5.41 Å². The number of nitrogens with two attached hydrogens (primary N) is 1. The van der Waals surface area contributed by atoms with Gasteiger partial charge in [-0.1, -0.05) is 0 Å². The van der Waals surface area contributed by atoms with E-state index in [4.69, 9.17) is 11.1 Å². The Morgan fingerprint density at radius 1 is 1.15 bits per heavy atom. The monoisotopic (exact) mass is 181 g/mol. The van der Waals surface area contributed by atoms with E-state index < -0.39 is 11.6 Å². The fourth-order valence-corrected chi connectivity index (χ4v) is 1.27. The number of hydrogen-bond donors (Lipinski definition) is 2. The molecule has 66 valence electrons. The topological polar surface area (TPSA) is 62.2 Å². The van der Waals surface area contributed by atoms with Crippen LogP contribution in [0.4, 0.5) is 8.78 Å². The Kier molecular flexibility index (Phi) is 1.42. The summed E-state index contributed by atoms with van der Waals surface area (Å²) < 4.78 is 26.1. The van der Waals surface area contributed by atoms with Gasteiger partial charge in [-0.15, -0.1) is 0 Å². The first-order valence-electron chi connectivity index (χ1n) is 3.52. The summed E-state index contributed by atoms with van der Waals surface area (Å²) in [6.07, 6.45) is 0. The van der Waals surface area contributed by atoms with Crippen molar-refractivity contribution in [2.45, 2.75) is 0 Å². The summed E-state index contributed by atoms with van der Waals surface area (Å²) in [5, 5.41) is 7.22. The lowest BCUT2D eigenvalue weighted by molar-refractivity contribution is 0.596. The maximum atomic E-state index is 13.1. The summed E-state index contributed by atoms with van der Waals surface area (Å²) in [4.78, 5) is 3.48. The maximum absolute atomic E-state index is 13.1. The smallest absolute Gasteiger partial charge is 0.158 e. The van der Waals surface area contributed by atoms with Crippen LogP contribution in [0.5, 0.6) is 0 Å². The van der Waals surface area contributed by atoms with Gasteiger partial charge in [0.2, 0.25) is 0 Å². The molecule has 0 aromatic heterocycles. The van der Waals surface area contributed by atoms with Crippen LogP contribution >= 0.6 is 0 Å². The molecule has 1 heterocycles. The van der Waals surface area contributed by atoms with Crippen molar-refractivity contribution >= 4 is 11.7 Å². The molecule has 1 aromatic rings. The molecule has 0 unspecified atom stereocenters. The molecule has 5 heteroatoms. The quantitative estimate of drug-likeness (QED) is 0.616. The molecule has 0 saturated heterocycles. The summed E-state index contributed by atoms with van der Waals surface area (Å²) in [6, 6.07) is 1.92. The van der Waals surface area contributed by atoms with Crippen LogP contribution in [0.3, 0.4) is 0 Å². The number of aliphatic imine (C=N–C) groups is 1. The number of rotatable bonds is 0. The van der Waals surface area contributed by atoms with Crippen molar-refractivity contribution in [2.75, 3.05) is 0 Å². The lowest BCUT2D eigenvalue weighted by atomic mass is 10.1. The largest absolute Gasteiger partial charge is 0.383 e. The average Bonchev–Trinajstić information content (AvgIpc) is 2.36. The summed E-state index contributed by atoms with van der Waals surface area (Å²) in [5.74, 6) is -1.80. The Balaban J connectivity index is 2.82. The highest BCUT2D eigenvalue weighted by Crippen LogP contribution is 2.22. The standard InChI is InChI=1S/C8H5F2N3/c9-3-1-2-4(10)6-5(3)7(11)13-8(6)12/h1-2H,(H3,11,12,13). The summed E-state index contributed by atoms with van der Waals surface area (Å²) in [6.45, 7) is 0. The minimum atomic E-state index is -0.675. The lowest BCUT2D eigenvalue weighted by Gasteiger charge is -2.00. The fourth-order valence-electron chi connectivity index (χ4n) is 1.27. The molecular weight excluding hydrogens is 176 g/mol. The lowest BCUT2D eigenvalue weighted by Crippen LogP contribution is -2.13. The van der Waals surface area contributed by atoms with Gasteiger partial charge in [0, 0.05) is 0 Å². The number of hydrogen-bond acceptors (Lipinski definition) is 2. The third-order valence-corrected chi connectivity index (χ3v) is 1.83. The van der Waals surface area contributed by atoms with Crippen LogP contribution in [0.15, 0.2) is 17.1 Å². The summed E-state index contributed by atoms with van der Waals surface area (Å²) in [7, 11) is 0. The third-order valence-electron chi connectivity index (χ3n) is 1.83. The molecule has 3 nitrogen and oxygen atoms in total. The number of nitrogens with one attached hydrogen (secondary N) is 1. The number of amidine groups is 2. The molecule has 0 radical (unpaired) electrons. The number of fused-ring (bicyclic) bond motifs is 1. The second-order valence-electron chi connectivity index (χ2n) is 2.62. The molecule has 1 aromatic carbocycles. The summed E-state index contributed by atoms with van der Waals surface area (Å²) in [5.41, 5.74) is 5.05. The minimum Gasteiger partial charge on any atom is -0.383 e. The molecule has 0 aliphatic carbocycles. The van der Waals surface area contributed by atoms with Crippen LogP contribution in [0.2, 0.25) is 0 Å². The molecule has 0 saturated carbocycles. The third kappa shape index (κ3) is 0.932. The van der Waals surface area contributed by atoms with E-state index in [2.05, 4.69) is 4.99 Å². The highest BCUT2D eigenvalue weighted by Gasteiger charge is 2.25. The van der Waals surface area contributed by atoms with Crippen molar-refractivity contribution in [3.05, 3.63) is 34.9 Å². The van der Waals surface area contributed by atoms with Gasteiger partial charge in [0.1, 0.15) is 17.5 Å². The average molecular weight is 181 g/mol. The van der Waals surface area contributed by atoms with Gasteiger partial charge >= 0.3 is 0 Å². The minimum absolute atomic E-state index is 0.106. The van der Waals surface area contributed by atoms with Crippen LogP contribution < -0.4 is 5.73 Å². The van der Waals surface area contributed by atoms with Gasteiger partial charge in [0.15, 0.2) is 5.84 Å². The van der Waals surface area contributed by atoms with E-state index in [0.717, 1.165) is 12.1 Å². The van der Waals surface area contributed by atoms with Gasteiger partial charge in [-0.25, -0.2) is 13.8 Å². The molecule has 2 rings (SSSR count). The van der Waals surface area contributed by atoms with Gasteiger partial charge in [0.05, 0.1) is 11.1 Å². The Labute approximate surface area is 72.4 Å². The maximum Gasteiger partial charge on any atom is 0.158 e. The van der Waals surface area contributed by atoms with Crippen molar-refractivity contribution in [1.82, 2.24) is 0 Å².